The first kappa shape index (κ1) is 14.5. The van der Waals surface area contributed by atoms with Gasteiger partial charge in [-0.15, -0.1) is 0 Å². The Kier molecular flexibility index (Phi) is 5.44. The SMILES string of the molecule is CC1(C)CC(NCc2ccccc2)CCO1.[Cl-]. The minimum absolute atomic E-state index is 0. The second-order valence-electron chi connectivity index (χ2n) is 5.16. The molecule has 0 aliphatic carbocycles. The van der Waals surface area contributed by atoms with Gasteiger partial charge in [0, 0.05) is 19.2 Å². The number of hydrogen-bond acceptors (Lipinski definition) is 2. The molecule has 0 amide bonds. The molecule has 1 fully saturated rings. The van der Waals surface area contributed by atoms with Crippen LogP contribution in [0.4, 0.5) is 0 Å². The molecular weight excluding hydrogens is 234 g/mol. The van der Waals surface area contributed by atoms with Crippen molar-refractivity contribution in [3.05, 3.63) is 35.9 Å². The van der Waals surface area contributed by atoms with Crippen molar-refractivity contribution in [2.75, 3.05) is 6.61 Å². The predicted molar refractivity (Wildman–Crippen MR) is 66.3 cm³/mol. The van der Waals surface area contributed by atoms with E-state index in [2.05, 4.69) is 49.5 Å². The first-order chi connectivity index (χ1) is 7.66. The smallest absolute Gasteiger partial charge is 0.0641 e. The van der Waals surface area contributed by atoms with Gasteiger partial charge in [0.05, 0.1) is 5.60 Å². The lowest BCUT2D eigenvalue weighted by Gasteiger charge is -2.36. The molecule has 2 rings (SSSR count). The molecule has 1 unspecified atom stereocenters. The summed E-state index contributed by atoms with van der Waals surface area (Å²) in [6, 6.07) is 11.1. The topological polar surface area (TPSA) is 21.3 Å². The normalized spacial score (nSPS) is 22.8. The van der Waals surface area contributed by atoms with Gasteiger partial charge < -0.3 is 22.5 Å². The van der Waals surface area contributed by atoms with E-state index in [1.807, 2.05) is 0 Å². The number of benzene rings is 1. The van der Waals surface area contributed by atoms with Gasteiger partial charge in [-0.1, -0.05) is 30.3 Å². The number of rotatable bonds is 3. The van der Waals surface area contributed by atoms with Gasteiger partial charge in [-0.2, -0.15) is 0 Å². The molecule has 1 heterocycles. The van der Waals surface area contributed by atoms with Gasteiger partial charge in [-0.05, 0) is 32.3 Å². The van der Waals surface area contributed by atoms with Gasteiger partial charge in [0.2, 0.25) is 0 Å². The third-order valence-corrected chi connectivity index (χ3v) is 3.13. The van der Waals surface area contributed by atoms with Crippen LogP contribution >= 0.6 is 0 Å². The van der Waals surface area contributed by atoms with E-state index in [0.29, 0.717) is 6.04 Å². The van der Waals surface area contributed by atoms with Crippen LogP contribution in [0.2, 0.25) is 0 Å². The van der Waals surface area contributed by atoms with Crippen molar-refractivity contribution in [1.29, 1.82) is 0 Å². The van der Waals surface area contributed by atoms with E-state index in [1.54, 1.807) is 0 Å². The van der Waals surface area contributed by atoms with Gasteiger partial charge >= 0.3 is 0 Å². The van der Waals surface area contributed by atoms with E-state index in [4.69, 9.17) is 4.74 Å². The summed E-state index contributed by atoms with van der Waals surface area (Å²) < 4.78 is 5.71. The highest BCUT2D eigenvalue weighted by Crippen LogP contribution is 2.24. The highest BCUT2D eigenvalue weighted by atomic mass is 35.5. The van der Waals surface area contributed by atoms with E-state index in [1.165, 1.54) is 5.56 Å². The predicted octanol–water partition coefficient (Wildman–Crippen LogP) is -0.262. The lowest BCUT2D eigenvalue weighted by Crippen LogP contribution is -3.00. The molecule has 0 bridgehead atoms. The standard InChI is InChI=1S/C14H21NO.ClH/c1-14(2)10-13(8-9-16-14)15-11-12-6-4-3-5-7-12;/h3-7,13,15H,8-11H2,1-2H3;1H/p-1. The molecule has 2 nitrogen and oxygen atoms in total. The second kappa shape index (κ2) is 6.39. The highest BCUT2D eigenvalue weighted by molar-refractivity contribution is 5.14. The summed E-state index contributed by atoms with van der Waals surface area (Å²) in [4.78, 5) is 0. The van der Waals surface area contributed by atoms with Crippen molar-refractivity contribution in [3.63, 3.8) is 0 Å². The number of nitrogens with one attached hydrogen (secondary N) is 1. The molecule has 17 heavy (non-hydrogen) atoms. The van der Waals surface area contributed by atoms with Crippen molar-refractivity contribution in [2.45, 2.75) is 44.9 Å². The minimum atomic E-state index is 0. The number of ether oxygens (including phenoxy) is 1. The first-order valence-corrected chi connectivity index (χ1v) is 6.07. The number of halogens is 1. The molecule has 0 radical (unpaired) electrons. The lowest BCUT2D eigenvalue weighted by atomic mass is 9.94. The van der Waals surface area contributed by atoms with Crippen LogP contribution < -0.4 is 17.7 Å². The fourth-order valence-electron chi connectivity index (χ4n) is 2.26. The molecule has 1 aromatic carbocycles. The van der Waals surface area contributed by atoms with E-state index in [-0.39, 0.29) is 18.0 Å². The molecule has 1 N–H and O–H groups in total. The Morgan fingerprint density at radius 2 is 2.00 bits per heavy atom. The van der Waals surface area contributed by atoms with Crippen LogP contribution in [0.15, 0.2) is 30.3 Å². The van der Waals surface area contributed by atoms with Crippen molar-refractivity contribution in [1.82, 2.24) is 5.32 Å². The van der Waals surface area contributed by atoms with Crippen LogP contribution in [0.1, 0.15) is 32.3 Å². The molecule has 1 aliphatic rings. The minimum Gasteiger partial charge on any atom is -1.00 e. The van der Waals surface area contributed by atoms with E-state index in [0.717, 1.165) is 26.0 Å². The second-order valence-corrected chi connectivity index (χ2v) is 5.16. The van der Waals surface area contributed by atoms with Gasteiger partial charge in [-0.25, -0.2) is 0 Å². The van der Waals surface area contributed by atoms with Crippen LogP contribution in [0, 0.1) is 0 Å². The van der Waals surface area contributed by atoms with Crippen LogP contribution in [0.3, 0.4) is 0 Å². The monoisotopic (exact) mass is 254 g/mol. The molecule has 1 aromatic rings. The summed E-state index contributed by atoms with van der Waals surface area (Å²) in [5.74, 6) is 0. The molecule has 0 aromatic heterocycles. The van der Waals surface area contributed by atoms with Crippen LogP contribution in [0.5, 0.6) is 0 Å². The average Bonchev–Trinajstić information content (AvgIpc) is 2.27. The Labute approximate surface area is 110 Å². The molecule has 1 atom stereocenters. The van der Waals surface area contributed by atoms with Crippen LogP contribution in [-0.4, -0.2) is 18.2 Å². The van der Waals surface area contributed by atoms with Crippen molar-refractivity contribution in [3.8, 4) is 0 Å². The highest BCUT2D eigenvalue weighted by Gasteiger charge is 2.28. The molecular formula is C14H21ClNO-. The Morgan fingerprint density at radius 1 is 1.29 bits per heavy atom. The quantitative estimate of drug-likeness (QED) is 0.803. The van der Waals surface area contributed by atoms with E-state index >= 15 is 0 Å². The molecule has 1 saturated heterocycles. The van der Waals surface area contributed by atoms with Crippen molar-refractivity contribution < 1.29 is 17.1 Å². The van der Waals surface area contributed by atoms with Gasteiger partial charge in [0.25, 0.3) is 0 Å². The maximum atomic E-state index is 5.71. The number of hydrogen-bond donors (Lipinski definition) is 1. The molecule has 3 heteroatoms. The Balaban J connectivity index is 0.00000144. The largest absolute Gasteiger partial charge is 1.00 e. The summed E-state index contributed by atoms with van der Waals surface area (Å²) in [5, 5.41) is 3.61. The average molecular weight is 255 g/mol. The van der Waals surface area contributed by atoms with E-state index in [9.17, 15) is 0 Å². The maximum absolute atomic E-state index is 5.71. The summed E-state index contributed by atoms with van der Waals surface area (Å²) in [6.07, 6.45) is 2.22. The molecule has 0 spiro atoms. The Bertz CT molecular complexity index is 326. The third-order valence-electron chi connectivity index (χ3n) is 3.13. The Morgan fingerprint density at radius 3 is 2.65 bits per heavy atom. The Hall–Kier alpha value is -0.570. The zero-order valence-corrected chi connectivity index (χ0v) is 11.3. The van der Waals surface area contributed by atoms with Gasteiger partial charge in [0.1, 0.15) is 0 Å². The molecule has 1 aliphatic heterocycles. The van der Waals surface area contributed by atoms with Crippen molar-refractivity contribution in [2.24, 2.45) is 0 Å². The summed E-state index contributed by atoms with van der Waals surface area (Å²) in [7, 11) is 0. The fourth-order valence-corrected chi connectivity index (χ4v) is 2.26. The summed E-state index contributed by atoms with van der Waals surface area (Å²) >= 11 is 0. The molecule has 96 valence electrons. The van der Waals surface area contributed by atoms with Gasteiger partial charge in [-0.3, -0.25) is 0 Å². The van der Waals surface area contributed by atoms with E-state index < -0.39 is 0 Å². The van der Waals surface area contributed by atoms with Crippen LogP contribution in [-0.2, 0) is 11.3 Å². The maximum Gasteiger partial charge on any atom is 0.0641 e. The zero-order chi connectivity index (χ0) is 11.4. The van der Waals surface area contributed by atoms with Gasteiger partial charge in [0.15, 0.2) is 0 Å². The molecule has 0 saturated carbocycles. The fraction of sp³-hybridized carbons (Fsp3) is 0.571. The summed E-state index contributed by atoms with van der Waals surface area (Å²) in [5.41, 5.74) is 1.39. The first-order valence-electron chi connectivity index (χ1n) is 6.07. The zero-order valence-electron chi connectivity index (χ0n) is 10.6. The van der Waals surface area contributed by atoms with Crippen LogP contribution in [0.25, 0.3) is 0 Å². The third kappa shape index (κ3) is 4.66. The summed E-state index contributed by atoms with van der Waals surface area (Å²) in [6.45, 7) is 6.17. The van der Waals surface area contributed by atoms with Crippen molar-refractivity contribution >= 4 is 0 Å². The lowest BCUT2D eigenvalue weighted by molar-refractivity contribution is -0.0630.